The van der Waals surface area contributed by atoms with Crippen LogP contribution < -0.4 is 5.32 Å². The Bertz CT molecular complexity index is 425. The number of carbonyl (C=O) groups is 1. The van der Waals surface area contributed by atoms with Crippen molar-refractivity contribution >= 4 is 5.97 Å². The molecule has 1 rings (SSSR count). The molecule has 0 saturated heterocycles. The second-order valence-corrected chi connectivity index (χ2v) is 3.83. The number of halogens is 1. The van der Waals surface area contributed by atoms with Gasteiger partial charge in [0, 0.05) is 6.54 Å². The molecule has 1 aromatic rings. The van der Waals surface area contributed by atoms with E-state index in [1.807, 2.05) is 0 Å². The van der Waals surface area contributed by atoms with Gasteiger partial charge in [0.15, 0.2) is 0 Å². The third kappa shape index (κ3) is 3.49. The summed E-state index contributed by atoms with van der Waals surface area (Å²) in [5, 5.41) is 22.1. The number of rotatable bonds is 5. The third-order valence-electron chi connectivity index (χ3n) is 2.46. The number of esters is 1. The van der Waals surface area contributed by atoms with Crippen LogP contribution in [0.1, 0.15) is 22.0 Å². The molecular formula is C12H16FNO4. The van der Waals surface area contributed by atoms with E-state index in [4.69, 9.17) is 0 Å². The molecule has 3 N–H and O–H groups in total. The zero-order chi connectivity index (χ0) is 13.7. The minimum atomic E-state index is -1.28. The summed E-state index contributed by atoms with van der Waals surface area (Å²) in [5.74, 6) is -1.38. The van der Waals surface area contributed by atoms with Gasteiger partial charge in [-0.1, -0.05) is 0 Å². The number of aliphatic hydroxyl groups is 2. The molecule has 0 saturated carbocycles. The predicted octanol–water partition coefficient (Wildman–Crippen LogP) is 0.226. The van der Waals surface area contributed by atoms with Crippen molar-refractivity contribution in [1.82, 2.24) is 5.32 Å². The van der Waals surface area contributed by atoms with E-state index in [2.05, 4.69) is 10.1 Å². The summed E-state index contributed by atoms with van der Waals surface area (Å²) < 4.78 is 17.8. The number of hydrogen-bond donors (Lipinski definition) is 3. The standard InChI is InChI=1S/C12H16FNO4/c1-14-6-10(15)11(16)7-3-8(12(17)18-2)5-9(13)4-7/h3-5,10-11,14-16H,6H2,1-2H3. The van der Waals surface area contributed by atoms with Gasteiger partial charge in [-0.3, -0.25) is 0 Å². The van der Waals surface area contributed by atoms with Crippen LogP contribution in [0.25, 0.3) is 0 Å². The van der Waals surface area contributed by atoms with Crippen molar-refractivity contribution in [2.24, 2.45) is 0 Å². The number of ether oxygens (including phenoxy) is 1. The summed E-state index contributed by atoms with van der Waals surface area (Å²) in [5.41, 5.74) is 0.112. The molecule has 0 aliphatic heterocycles. The number of aliphatic hydroxyl groups excluding tert-OH is 2. The van der Waals surface area contributed by atoms with E-state index in [9.17, 15) is 19.4 Å². The van der Waals surface area contributed by atoms with Gasteiger partial charge in [0.1, 0.15) is 11.9 Å². The first-order valence-corrected chi connectivity index (χ1v) is 5.39. The molecule has 0 aliphatic carbocycles. The Kier molecular flexibility index (Phi) is 5.21. The molecule has 0 radical (unpaired) electrons. The lowest BCUT2D eigenvalue weighted by Gasteiger charge is -2.18. The Hall–Kier alpha value is -1.50. The first-order chi connectivity index (χ1) is 8.49. The highest BCUT2D eigenvalue weighted by molar-refractivity contribution is 5.89. The molecule has 0 bridgehead atoms. The molecule has 5 nitrogen and oxygen atoms in total. The highest BCUT2D eigenvalue weighted by Gasteiger charge is 2.20. The molecular weight excluding hydrogens is 241 g/mol. The summed E-state index contributed by atoms with van der Waals surface area (Å²) in [6, 6.07) is 3.36. The Balaban J connectivity index is 3.02. The molecule has 2 atom stereocenters. The van der Waals surface area contributed by atoms with Crippen LogP contribution in [0.5, 0.6) is 0 Å². The van der Waals surface area contributed by atoms with Crippen LogP contribution in [-0.4, -0.2) is 43.0 Å². The SMILES string of the molecule is CNCC(O)C(O)c1cc(F)cc(C(=O)OC)c1. The summed E-state index contributed by atoms with van der Waals surface area (Å²) in [6.07, 6.45) is -2.38. The van der Waals surface area contributed by atoms with Gasteiger partial charge in [-0.25, -0.2) is 9.18 Å². The van der Waals surface area contributed by atoms with Crippen LogP contribution in [0.15, 0.2) is 18.2 Å². The van der Waals surface area contributed by atoms with Crippen molar-refractivity contribution in [2.75, 3.05) is 20.7 Å². The molecule has 1 aromatic carbocycles. The summed E-state index contributed by atoms with van der Waals surface area (Å²) in [7, 11) is 2.79. The number of benzene rings is 1. The lowest BCUT2D eigenvalue weighted by molar-refractivity contribution is 0.0199. The van der Waals surface area contributed by atoms with Gasteiger partial charge in [-0.15, -0.1) is 0 Å². The molecule has 18 heavy (non-hydrogen) atoms. The minimum absolute atomic E-state index is 0.0109. The lowest BCUT2D eigenvalue weighted by atomic mass is 10.0. The van der Waals surface area contributed by atoms with Gasteiger partial charge in [0.05, 0.1) is 18.8 Å². The topological polar surface area (TPSA) is 78.8 Å². The Labute approximate surface area is 104 Å². The second-order valence-electron chi connectivity index (χ2n) is 3.83. The summed E-state index contributed by atoms with van der Waals surface area (Å²) >= 11 is 0. The molecule has 0 amide bonds. The third-order valence-corrected chi connectivity index (χ3v) is 2.46. The van der Waals surface area contributed by atoms with E-state index in [0.717, 1.165) is 12.1 Å². The van der Waals surface area contributed by atoms with Crippen molar-refractivity contribution in [1.29, 1.82) is 0 Å². The largest absolute Gasteiger partial charge is 0.465 e. The number of carbonyl (C=O) groups excluding carboxylic acids is 1. The Morgan fingerprint density at radius 3 is 2.67 bits per heavy atom. The van der Waals surface area contributed by atoms with E-state index < -0.39 is 24.0 Å². The maximum atomic E-state index is 13.3. The van der Waals surface area contributed by atoms with Crippen LogP contribution in [-0.2, 0) is 4.74 Å². The smallest absolute Gasteiger partial charge is 0.337 e. The summed E-state index contributed by atoms with van der Waals surface area (Å²) in [6.45, 7) is 0.144. The van der Waals surface area contributed by atoms with E-state index in [1.54, 1.807) is 7.05 Å². The van der Waals surface area contributed by atoms with Crippen molar-refractivity contribution < 1.29 is 24.1 Å². The molecule has 0 heterocycles. The lowest BCUT2D eigenvalue weighted by Crippen LogP contribution is -2.29. The van der Waals surface area contributed by atoms with E-state index in [0.29, 0.717) is 0 Å². The average molecular weight is 257 g/mol. The maximum absolute atomic E-state index is 13.3. The van der Waals surface area contributed by atoms with E-state index in [-0.39, 0.29) is 17.7 Å². The van der Waals surface area contributed by atoms with Crippen LogP contribution in [0.3, 0.4) is 0 Å². The van der Waals surface area contributed by atoms with Crippen molar-refractivity contribution in [3.8, 4) is 0 Å². The van der Waals surface area contributed by atoms with Crippen LogP contribution in [0.2, 0.25) is 0 Å². The molecule has 0 spiro atoms. The number of nitrogens with one attached hydrogen (secondary N) is 1. The minimum Gasteiger partial charge on any atom is -0.465 e. The normalized spacial score (nSPS) is 14.1. The monoisotopic (exact) mass is 257 g/mol. The molecule has 6 heteroatoms. The van der Waals surface area contributed by atoms with Crippen molar-refractivity contribution in [3.63, 3.8) is 0 Å². The van der Waals surface area contributed by atoms with Gasteiger partial charge < -0.3 is 20.3 Å². The molecule has 0 aliphatic rings. The molecule has 100 valence electrons. The highest BCUT2D eigenvalue weighted by atomic mass is 19.1. The van der Waals surface area contributed by atoms with Crippen LogP contribution in [0.4, 0.5) is 4.39 Å². The Morgan fingerprint density at radius 2 is 2.11 bits per heavy atom. The van der Waals surface area contributed by atoms with Crippen molar-refractivity contribution in [2.45, 2.75) is 12.2 Å². The van der Waals surface area contributed by atoms with Crippen LogP contribution in [0, 0.1) is 5.82 Å². The van der Waals surface area contributed by atoms with Crippen LogP contribution >= 0.6 is 0 Å². The van der Waals surface area contributed by atoms with Gasteiger partial charge in [-0.2, -0.15) is 0 Å². The molecule has 0 aromatic heterocycles. The van der Waals surface area contributed by atoms with Gasteiger partial charge in [-0.05, 0) is 30.8 Å². The van der Waals surface area contributed by atoms with Gasteiger partial charge in [0.25, 0.3) is 0 Å². The van der Waals surface area contributed by atoms with E-state index >= 15 is 0 Å². The first kappa shape index (κ1) is 14.6. The quantitative estimate of drug-likeness (QED) is 0.658. The number of likely N-dealkylation sites (N-methyl/N-ethyl adjacent to an activating group) is 1. The van der Waals surface area contributed by atoms with Gasteiger partial charge in [0.2, 0.25) is 0 Å². The zero-order valence-corrected chi connectivity index (χ0v) is 10.2. The number of methoxy groups -OCH3 is 1. The fourth-order valence-corrected chi connectivity index (χ4v) is 1.56. The molecule has 0 fully saturated rings. The number of hydrogen-bond acceptors (Lipinski definition) is 5. The second kappa shape index (κ2) is 6.44. The molecule has 2 unspecified atom stereocenters. The van der Waals surface area contributed by atoms with Gasteiger partial charge >= 0.3 is 5.97 Å². The highest BCUT2D eigenvalue weighted by Crippen LogP contribution is 2.20. The Morgan fingerprint density at radius 1 is 1.44 bits per heavy atom. The first-order valence-electron chi connectivity index (χ1n) is 5.39. The van der Waals surface area contributed by atoms with E-state index in [1.165, 1.54) is 13.2 Å². The average Bonchev–Trinajstić information content (AvgIpc) is 2.36. The fraction of sp³-hybridized carbons (Fsp3) is 0.417. The maximum Gasteiger partial charge on any atom is 0.337 e. The fourth-order valence-electron chi connectivity index (χ4n) is 1.56. The predicted molar refractivity (Wildman–Crippen MR) is 62.6 cm³/mol. The zero-order valence-electron chi connectivity index (χ0n) is 10.2. The summed E-state index contributed by atoms with van der Waals surface area (Å²) in [4.78, 5) is 11.3. The van der Waals surface area contributed by atoms with Crippen molar-refractivity contribution in [3.05, 3.63) is 35.1 Å².